The first-order valence-corrected chi connectivity index (χ1v) is 7.18. The number of rotatable bonds is 6. The first kappa shape index (κ1) is 15.4. The molecule has 1 aliphatic heterocycles. The summed E-state index contributed by atoms with van der Waals surface area (Å²) in [6, 6.07) is 3.72. The molecule has 0 spiro atoms. The predicted octanol–water partition coefficient (Wildman–Crippen LogP) is 2.34. The van der Waals surface area contributed by atoms with E-state index in [2.05, 4.69) is 10.2 Å². The largest absolute Gasteiger partial charge is 0.379 e. The molecule has 1 aliphatic rings. The highest BCUT2D eigenvalue weighted by Gasteiger charge is 2.16. The molecule has 1 atom stereocenters. The van der Waals surface area contributed by atoms with Crippen molar-refractivity contribution < 1.29 is 13.5 Å². The lowest BCUT2D eigenvalue weighted by atomic mass is 10.0. The van der Waals surface area contributed by atoms with Gasteiger partial charge < -0.3 is 10.1 Å². The van der Waals surface area contributed by atoms with Crippen molar-refractivity contribution in [2.45, 2.75) is 19.4 Å². The zero-order chi connectivity index (χ0) is 14.4. The van der Waals surface area contributed by atoms with E-state index in [4.69, 9.17) is 4.74 Å². The van der Waals surface area contributed by atoms with Gasteiger partial charge >= 0.3 is 0 Å². The van der Waals surface area contributed by atoms with Gasteiger partial charge in [-0.1, -0.05) is 6.92 Å². The van der Waals surface area contributed by atoms with Gasteiger partial charge in [0.2, 0.25) is 0 Å². The normalized spacial score (nSPS) is 18.1. The summed E-state index contributed by atoms with van der Waals surface area (Å²) in [5, 5.41) is 3.30. The van der Waals surface area contributed by atoms with Crippen LogP contribution in [0.25, 0.3) is 0 Å². The molecule has 1 N–H and O–H groups in total. The molecule has 1 unspecified atom stereocenters. The topological polar surface area (TPSA) is 24.5 Å². The lowest BCUT2D eigenvalue weighted by molar-refractivity contribution is 0.0361. The molecule has 1 saturated heterocycles. The van der Waals surface area contributed by atoms with E-state index in [1.54, 1.807) is 0 Å². The molecular weight excluding hydrogens is 262 g/mol. The van der Waals surface area contributed by atoms with E-state index in [0.29, 0.717) is 5.56 Å². The fourth-order valence-electron chi connectivity index (χ4n) is 2.55. The van der Waals surface area contributed by atoms with Gasteiger partial charge in [-0.15, -0.1) is 0 Å². The van der Waals surface area contributed by atoms with Gasteiger partial charge in [-0.05, 0) is 30.7 Å². The van der Waals surface area contributed by atoms with Crippen molar-refractivity contribution in [1.29, 1.82) is 0 Å². The van der Waals surface area contributed by atoms with Crippen LogP contribution < -0.4 is 5.32 Å². The van der Waals surface area contributed by atoms with Crippen molar-refractivity contribution in [2.75, 3.05) is 39.4 Å². The van der Waals surface area contributed by atoms with Gasteiger partial charge in [-0.3, -0.25) is 4.90 Å². The maximum absolute atomic E-state index is 13.3. The molecule has 20 heavy (non-hydrogen) atoms. The number of halogens is 2. The predicted molar refractivity (Wildman–Crippen MR) is 74.7 cm³/mol. The molecule has 2 rings (SSSR count). The summed E-state index contributed by atoms with van der Waals surface area (Å²) < 4.78 is 32.0. The summed E-state index contributed by atoms with van der Waals surface area (Å²) in [5.74, 6) is -1.04. The fraction of sp³-hybridized carbons (Fsp3) is 0.600. The highest BCUT2D eigenvalue weighted by molar-refractivity contribution is 5.21. The van der Waals surface area contributed by atoms with E-state index in [-0.39, 0.29) is 6.04 Å². The molecule has 3 nitrogen and oxygen atoms in total. The average molecular weight is 284 g/mol. The fourth-order valence-corrected chi connectivity index (χ4v) is 2.55. The first-order chi connectivity index (χ1) is 9.69. The first-order valence-electron chi connectivity index (χ1n) is 7.18. The minimum atomic E-state index is -0.519. The second-order valence-corrected chi connectivity index (χ2v) is 5.06. The zero-order valence-electron chi connectivity index (χ0n) is 11.9. The van der Waals surface area contributed by atoms with Crippen molar-refractivity contribution in [3.63, 3.8) is 0 Å². The van der Waals surface area contributed by atoms with Crippen molar-refractivity contribution in [2.24, 2.45) is 0 Å². The van der Waals surface area contributed by atoms with Crippen LogP contribution >= 0.6 is 0 Å². The summed E-state index contributed by atoms with van der Waals surface area (Å²) in [6.45, 7) is 7.05. The zero-order valence-corrected chi connectivity index (χ0v) is 11.9. The van der Waals surface area contributed by atoms with Gasteiger partial charge in [0.15, 0.2) is 0 Å². The number of benzene rings is 1. The van der Waals surface area contributed by atoms with Crippen molar-refractivity contribution in [1.82, 2.24) is 10.2 Å². The molecule has 112 valence electrons. The van der Waals surface area contributed by atoms with Gasteiger partial charge in [0, 0.05) is 31.7 Å². The van der Waals surface area contributed by atoms with Crippen LogP contribution in [-0.2, 0) is 4.74 Å². The summed E-state index contributed by atoms with van der Waals surface area (Å²) in [5.41, 5.74) is 0.678. The number of ether oxygens (including phenoxy) is 1. The Morgan fingerprint density at radius 3 is 2.45 bits per heavy atom. The summed E-state index contributed by atoms with van der Waals surface area (Å²) >= 11 is 0. The third-order valence-electron chi connectivity index (χ3n) is 3.58. The standard InChI is InChI=1S/C15H22F2N2O/c1-2-18-15(3-4-19-5-7-20-8-6-19)12-9-13(16)11-14(17)10-12/h9-11,15,18H,2-8H2,1H3. The van der Waals surface area contributed by atoms with Crippen LogP contribution in [0.4, 0.5) is 8.78 Å². The van der Waals surface area contributed by atoms with Crippen molar-refractivity contribution in [3.05, 3.63) is 35.4 Å². The Balaban J connectivity index is 1.98. The molecule has 1 fully saturated rings. The Hall–Kier alpha value is -1.04. The highest BCUT2D eigenvalue weighted by atomic mass is 19.1. The number of nitrogens with one attached hydrogen (secondary N) is 1. The van der Waals surface area contributed by atoms with Gasteiger partial charge in [-0.2, -0.15) is 0 Å². The minimum absolute atomic E-state index is 0.0203. The molecule has 1 aromatic carbocycles. The quantitative estimate of drug-likeness (QED) is 0.868. The molecule has 0 aromatic heterocycles. The SMILES string of the molecule is CCNC(CCN1CCOCC1)c1cc(F)cc(F)c1. The smallest absolute Gasteiger partial charge is 0.126 e. The second-order valence-electron chi connectivity index (χ2n) is 5.06. The Morgan fingerprint density at radius 2 is 1.85 bits per heavy atom. The molecule has 1 heterocycles. The van der Waals surface area contributed by atoms with Crippen LogP contribution in [0.5, 0.6) is 0 Å². The highest BCUT2D eigenvalue weighted by Crippen LogP contribution is 2.20. The third kappa shape index (κ3) is 4.51. The van der Waals surface area contributed by atoms with E-state index in [9.17, 15) is 8.78 Å². The van der Waals surface area contributed by atoms with Crippen LogP contribution in [0.15, 0.2) is 18.2 Å². The molecule has 5 heteroatoms. The van der Waals surface area contributed by atoms with E-state index >= 15 is 0 Å². The van der Waals surface area contributed by atoms with Crippen LogP contribution in [-0.4, -0.2) is 44.3 Å². The molecule has 0 amide bonds. The Morgan fingerprint density at radius 1 is 1.20 bits per heavy atom. The van der Waals surface area contributed by atoms with Crippen LogP contribution in [0, 0.1) is 11.6 Å². The van der Waals surface area contributed by atoms with Gasteiger partial charge in [-0.25, -0.2) is 8.78 Å². The van der Waals surface area contributed by atoms with Crippen LogP contribution in [0.2, 0.25) is 0 Å². The molecular formula is C15H22F2N2O. The maximum atomic E-state index is 13.3. The molecule has 1 aromatic rings. The van der Waals surface area contributed by atoms with Crippen LogP contribution in [0.1, 0.15) is 24.9 Å². The summed E-state index contributed by atoms with van der Waals surface area (Å²) in [6.07, 6.45) is 0.830. The van der Waals surface area contributed by atoms with Gasteiger partial charge in [0.05, 0.1) is 13.2 Å². The Labute approximate surface area is 118 Å². The second kappa shape index (κ2) is 7.67. The lowest BCUT2D eigenvalue weighted by Crippen LogP contribution is -2.38. The van der Waals surface area contributed by atoms with Crippen LogP contribution in [0.3, 0.4) is 0 Å². The molecule has 0 bridgehead atoms. The molecule has 0 aliphatic carbocycles. The van der Waals surface area contributed by atoms with Crippen molar-refractivity contribution in [3.8, 4) is 0 Å². The number of hydrogen-bond donors (Lipinski definition) is 1. The average Bonchev–Trinajstić information content (AvgIpc) is 2.43. The third-order valence-corrected chi connectivity index (χ3v) is 3.58. The van der Waals surface area contributed by atoms with Gasteiger partial charge in [0.1, 0.15) is 11.6 Å². The van der Waals surface area contributed by atoms with E-state index in [1.807, 2.05) is 6.92 Å². The summed E-state index contributed by atoms with van der Waals surface area (Å²) in [4.78, 5) is 2.32. The van der Waals surface area contributed by atoms with E-state index in [1.165, 1.54) is 12.1 Å². The van der Waals surface area contributed by atoms with E-state index in [0.717, 1.165) is 51.9 Å². The maximum Gasteiger partial charge on any atom is 0.126 e. The van der Waals surface area contributed by atoms with Crippen molar-refractivity contribution >= 4 is 0 Å². The molecule has 0 saturated carbocycles. The van der Waals surface area contributed by atoms with E-state index < -0.39 is 11.6 Å². The number of morpholine rings is 1. The van der Waals surface area contributed by atoms with Gasteiger partial charge in [0.25, 0.3) is 0 Å². The summed E-state index contributed by atoms with van der Waals surface area (Å²) in [7, 11) is 0. The number of hydrogen-bond acceptors (Lipinski definition) is 3. The Kier molecular flexibility index (Phi) is 5.88. The minimum Gasteiger partial charge on any atom is -0.379 e. The Bertz CT molecular complexity index is 402. The molecule has 0 radical (unpaired) electrons. The lowest BCUT2D eigenvalue weighted by Gasteiger charge is -2.28. The number of nitrogens with zero attached hydrogens (tertiary/aromatic N) is 1. The monoisotopic (exact) mass is 284 g/mol.